The van der Waals surface area contributed by atoms with E-state index in [0.717, 1.165) is 5.56 Å². The molecule has 1 aromatic carbocycles. The third-order valence-electron chi connectivity index (χ3n) is 5.45. The third-order valence-corrected chi connectivity index (χ3v) is 5.45. The van der Waals surface area contributed by atoms with Crippen LogP contribution < -0.4 is 21.9 Å². The number of rotatable bonds is 9. The number of nitrogens with one attached hydrogen (secondary N) is 3. The van der Waals surface area contributed by atoms with Crippen molar-refractivity contribution in [2.24, 2.45) is 5.84 Å². The van der Waals surface area contributed by atoms with Crippen molar-refractivity contribution in [1.82, 2.24) is 21.0 Å². The van der Waals surface area contributed by atoms with Crippen molar-refractivity contribution in [3.63, 3.8) is 0 Å². The summed E-state index contributed by atoms with van der Waals surface area (Å²) in [6, 6.07) is 6.75. The van der Waals surface area contributed by atoms with E-state index < -0.39 is 47.5 Å². The molecule has 2 rings (SSSR count). The van der Waals surface area contributed by atoms with Gasteiger partial charge in [-0.25, -0.2) is 10.6 Å². The lowest BCUT2D eigenvalue weighted by Crippen LogP contribution is -2.57. The highest BCUT2D eigenvalue weighted by atomic mass is 16.6. The van der Waals surface area contributed by atoms with Gasteiger partial charge in [-0.15, -0.1) is 0 Å². The topological polar surface area (TPSA) is 143 Å². The number of nitrogens with two attached hydrogens (primary N) is 1. The van der Waals surface area contributed by atoms with Gasteiger partial charge in [-0.3, -0.25) is 24.7 Å². The van der Waals surface area contributed by atoms with Crippen LogP contribution in [0.4, 0.5) is 4.79 Å². The first-order valence-electron chi connectivity index (χ1n) is 11.7. The second-order valence-corrected chi connectivity index (χ2v) is 9.44. The van der Waals surface area contributed by atoms with E-state index in [0.29, 0.717) is 32.2 Å². The molecule has 1 heterocycles. The van der Waals surface area contributed by atoms with Gasteiger partial charge in [-0.2, -0.15) is 0 Å². The van der Waals surface area contributed by atoms with Crippen LogP contribution in [0.15, 0.2) is 30.3 Å². The zero-order valence-electron chi connectivity index (χ0n) is 20.4. The van der Waals surface area contributed by atoms with Crippen LogP contribution in [0.5, 0.6) is 0 Å². The largest absolute Gasteiger partial charge is 0.444 e. The number of carbonyl (C=O) groups is 4. The summed E-state index contributed by atoms with van der Waals surface area (Å²) >= 11 is 0. The first kappa shape index (κ1) is 27.1. The molecule has 0 radical (unpaired) electrons. The van der Waals surface area contributed by atoms with Crippen molar-refractivity contribution in [3.8, 4) is 0 Å². The number of amides is 4. The molecule has 10 nitrogen and oxygen atoms in total. The standard InChI is InChI=1S/C24H37N5O5/c1-5-10-17(21(31)28-25)26-20(30)18(15-16-11-7-6-8-12-16)27-22(32)19-13-9-14-29(19)23(33)34-24(2,3)4/h6-8,11-12,17-19H,5,9-10,13-15,25H2,1-4H3,(H,26,30)(H,27,32)(H,28,31)/t17-,18-,19-/m0/s1. The smallest absolute Gasteiger partial charge is 0.410 e. The normalized spacial score (nSPS) is 17.4. The highest BCUT2D eigenvalue weighted by molar-refractivity contribution is 5.94. The second-order valence-electron chi connectivity index (χ2n) is 9.44. The summed E-state index contributed by atoms with van der Waals surface area (Å²) < 4.78 is 5.44. The lowest BCUT2D eigenvalue weighted by molar-refractivity contribution is -0.133. The number of hydrogen-bond donors (Lipinski definition) is 4. The zero-order chi connectivity index (χ0) is 25.3. The minimum absolute atomic E-state index is 0.223. The average molecular weight is 476 g/mol. The van der Waals surface area contributed by atoms with Crippen molar-refractivity contribution in [2.45, 2.75) is 83.5 Å². The molecule has 1 saturated heterocycles. The molecular weight excluding hydrogens is 438 g/mol. The first-order chi connectivity index (χ1) is 16.1. The Kier molecular flexibility index (Phi) is 9.85. The van der Waals surface area contributed by atoms with Crippen LogP contribution in [-0.4, -0.2) is 59.0 Å². The van der Waals surface area contributed by atoms with Crippen molar-refractivity contribution in [1.29, 1.82) is 0 Å². The van der Waals surface area contributed by atoms with Crippen molar-refractivity contribution >= 4 is 23.8 Å². The van der Waals surface area contributed by atoms with Gasteiger partial charge in [-0.05, 0) is 45.6 Å². The van der Waals surface area contributed by atoms with E-state index in [2.05, 4.69) is 16.1 Å². The Morgan fingerprint density at radius 2 is 1.76 bits per heavy atom. The average Bonchev–Trinajstić information content (AvgIpc) is 3.27. The molecule has 1 aliphatic heterocycles. The highest BCUT2D eigenvalue weighted by Crippen LogP contribution is 2.21. The van der Waals surface area contributed by atoms with E-state index in [9.17, 15) is 19.2 Å². The molecule has 188 valence electrons. The van der Waals surface area contributed by atoms with E-state index in [1.54, 1.807) is 20.8 Å². The zero-order valence-corrected chi connectivity index (χ0v) is 20.4. The summed E-state index contributed by atoms with van der Waals surface area (Å²) in [5, 5.41) is 5.49. The number of carbonyl (C=O) groups excluding carboxylic acids is 4. The Bertz CT molecular complexity index is 855. The fourth-order valence-corrected chi connectivity index (χ4v) is 3.84. The molecular formula is C24H37N5O5. The van der Waals surface area contributed by atoms with Crippen molar-refractivity contribution in [2.75, 3.05) is 6.54 Å². The van der Waals surface area contributed by atoms with Crippen molar-refractivity contribution in [3.05, 3.63) is 35.9 Å². The number of ether oxygens (including phenoxy) is 1. The summed E-state index contributed by atoms with van der Waals surface area (Å²) in [7, 11) is 0. The molecule has 10 heteroatoms. The minimum atomic E-state index is -0.944. The van der Waals surface area contributed by atoms with Gasteiger partial charge >= 0.3 is 6.09 Å². The Balaban J connectivity index is 2.18. The third kappa shape index (κ3) is 8.02. The molecule has 4 amide bonds. The number of hydrazine groups is 1. The first-order valence-corrected chi connectivity index (χ1v) is 11.7. The number of nitrogens with zero attached hydrogens (tertiary/aromatic N) is 1. The van der Waals surface area contributed by atoms with Crippen molar-refractivity contribution < 1.29 is 23.9 Å². The lowest BCUT2D eigenvalue weighted by atomic mass is 10.0. The van der Waals surface area contributed by atoms with Gasteiger partial charge in [0.2, 0.25) is 11.8 Å². The van der Waals surface area contributed by atoms with Crippen LogP contribution in [0.3, 0.4) is 0 Å². The molecule has 0 bridgehead atoms. The summed E-state index contributed by atoms with van der Waals surface area (Å²) in [6.45, 7) is 7.58. The Morgan fingerprint density at radius 1 is 1.09 bits per heavy atom. The predicted molar refractivity (Wildman–Crippen MR) is 127 cm³/mol. The maximum atomic E-state index is 13.2. The molecule has 5 N–H and O–H groups in total. The van der Waals surface area contributed by atoms with E-state index in [1.807, 2.05) is 37.3 Å². The predicted octanol–water partition coefficient (Wildman–Crippen LogP) is 1.39. The number of likely N-dealkylation sites (tertiary alicyclic amines) is 1. The van der Waals surface area contributed by atoms with Crippen LogP contribution in [0, 0.1) is 0 Å². The molecule has 0 unspecified atom stereocenters. The second kappa shape index (κ2) is 12.4. The summed E-state index contributed by atoms with van der Waals surface area (Å²) in [5.41, 5.74) is 2.22. The van der Waals surface area contributed by atoms with E-state index in [1.165, 1.54) is 4.90 Å². The molecule has 34 heavy (non-hydrogen) atoms. The molecule has 0 aromatic heterocycles. The molecule has 1 aliphatic rings. The van der Waals surface area contributed by atoms with Crippen LogP contribution in [0.1, 0.15) is 58.9 Å². The monoisotopic (exact) mass is 475 g/mol. The van der Waals surface area contributed by atoms with Gasteiger partial charge in [0.1, 0.15) is 23.7 Å². The van der Waals surface area contributed by atoms with Crippen LogP contribution in [0.2, 0.25) is 0 Å². The summed E-state index contributed by atoms with van der Waals surface area (Å²) in [5.74, 6) is 3.82. The molecule has 0 spiro atoms. The fourth-order valence-electron chi connectivity index (χ4n) is 3.84. The molecule has 1 aromatic rings. The highest BCUT2D eigenvalue weighted by Gasteiger charge is 2.38. The van der Waals surface area contributed by atoms with Gasteiger partial charge in [0.05, 0.1) is 0 Å². The minimum Gasteiger partial charge on any atom is -0.444 e. The van der Waals surface area contributed by atoms with Gasteiger partial charge < -0.3 is 15.4 Å². The fraction of sp³-hybridized carbons (Fsp3) is 0.583. The Hall–Kier alpha value is -3.14. The van der Waals surface area contributed by atoms with Crippen LogP contribution in [-0.2, 0) is 25.5 Å². The molecule has 0 saturated carbocycles. The van der Waals surface area contributed by atoms with Gasteiger partial charge in [0, 0.05) is 13.0 Å². The maximum Gasteiger partial charge on any atom is 0.410 e. The molecule has 3 atom stereocenters. The molecule has 0 aliphatic carbocycles. The van der Waals surface area contributed by atoms with Gasteiger partial charge in [0.15, 0.2) is 0 Å². The van der Waals surface area contributed by atoms with Gasteiger partial charge in [0.25, 0.3) is 5.91 Å². The molecule has 1 fully saturated rings. The summed E-state index contributed by atoms with van der Waals surface area (Å²) in [4.78, 5) is 52.4. The Labute approximate surface area is 200 Å². The maximum absolute atomic E-state index is 13.2. The van der Waals surface area contributed by atoms with E-state index in [4.69, 9.17) is 10.6 Å². The van der Waals surface area contributed by atoms with E-state index >= 15 is 0 Å². The lowest BCUT2D eigenvalue weighted by Gasteiger charge is -2.29. The quantitative estimate of drug-likeness (QED) is 0.241. The van der Waals surface area contributed by atoms with E-state index in [-0.39, 0.29) is 6.42 Å². The number of benzene rings is 1. The Morgan fingerprint density at radius 3 is 2.35 bits per heavy atom. The number of hydrogen-bond acceptors (Lipinski definition) is 6. The van der Waals surface area contributed by atoms with Gasteiger partial charge in [-0.1, -0.05) is 43.7 Å². The summed E-state index contributed by atoms with van der Waals surface area (Å²) in [6.07, 6.45) is 1.84. The van der Waals surface area contributed by atoms with Crippen LogP contribution in [0.25, 0.3) is 0 Å². The van der Waals surface area contributed by atoms with Crippen LogP contribution >= 0.6 is 0 Å². The SMILES string of the molecule is CCC[C@H](NC(=O)[C@H](Cc1ccccc1)NC(=O)[C@@H]1CCCN1C(=O)OC(C)(C)C)C(=O)NN.